The number of aryl methyl sites for hydroxylation is 1. The smallest absolute Gasteiger partial charge is 0.238 e. The van der Waals surface area contributed by atoms with Crippen molar-refractivity contribution >= 4 is 17.3 Å². The van der Waals surface area contributed by atoms with Gasteiger partial charge in [0.2, 0.25) is 5.91 Å². The van der Waals surface area contributed by atoms with Crippen LogP contribution in [-0.4, -0.2) is 59.5 Å². The number of nitrogens with zero attached hydrogens (tertiary/aromatic N) is 4. The molecular weight excluding hydrogens is 422 g/mol. The number of nitrogens with one attached hydrogen (secondary N) is 1. The predicted octanol–water partition coefficient (Wildman–Crippen LogP) is 4.12. The normalized spacial score (nSPS) is 19.4. The third-order valence-electron chi connectivity index (χ3n) is 7.17. The Morgan fingerprint density at radius 3 is 2.38 bits per heavy atom. The first kappa shape index (κ1) is 22.7. The summed E-state index contributed by atoms with van der Waals surface area (Å²) in [6.07, 6.45) is 4.32. The van der Waals surface area contributed by atoms with E-state index in [1.807, 2.05) is 12.1 Å². The highest BCUT2D eigenvalue weighted by molar-refractivity contribution is 5.92. The van der Waals surface area contributed by atoms with Gasteiger partial charge in [0, 0.05) is 63.0 Å². The zero-order valence-electron chi connectivity index (χ0n) is 20.1. The largest absolute Gasteiger partial charge is 0.369 e. The molecule has 1 aromatic heterocycles. The van der Waals surface area contributed by atoms with E-state index in [0.717, 1.165) is 57.8 Å². The van der Waals surface area contributed by atoms with E-state index in [2.05, 4.69) is 92.4 Å². The molecule has 0 bridgehead atoms. The Morgan fingerprint density at radius 2 is 1.68 bits per heavy atom. The van der Waals surface area contributed by atoms with Crippen LogP contribution in [0.1, 0.15) is 30.1 Å². The number of benzene rings is 2. The molecular formula is C28H35N5O. The summed E-state index contributed by atoms with van der Waals surface area (Å²) in [5.74, 6) is 0.0587. The van der Waals surface area contributed by atoms with Crippen molar-refractivity contribution in [1.82, 2.24) is 14.4 Å². The number of amides is 1. The van der Waals surface area contributed by atoms with Crippen molar-refractivity contribution in [2.75, 3.05) is 49.5 Å². The summed E-state index contributed by atoms with van der Waals surface area (Å²) < 4.78 is 2.17. The zero-order chi connectivity index (χ0) is 23.3. The standard InChI is InChI=1S/C28H35N5O/c1-30-15-5-9-26(30)27-10-6-16-33(27)22-28(34)29-24-11-13-25(14-12-24)32-19-17-31(18-20-32)21-23-7-3-2-4-8-23/h2-5,7-9,11-15,27H,6,10,16-22H2,1H3,(H,29,34)/t27-/m1/s1. The van der Waals surface area contributed by atoms with Crippen molar-refractivity contribution in [2.45, 2.75) is 25.4 Å². The average molecular weight is 458 g/mol. The van der Waals surface area contributed by atoms with Crippen molar-refractivity contribution in [2.24, 2.45) is 7.05 Å². The second-order valence-corrected chi connectivity index (χ2v) is 9.52. The van der Waals surface area contributed by atoms with Crippen LogP contribution < -0.4 is 10.2 Å². The van der Waals surface area contributed by atoms with E-state index in [1.165, 1.54) is 16.9 Å². The Morgan fingerprint density at radius 1 is 0.912 bits per heavy atom. The highest BCUT2D eigenvalue weighted by atomic mass is 16.2. The van der Waals surface area contributed by atoms with Gasteiger partial charge in [-0.1, -0.05) is 30.3 Å². The van der Waals surface area contributed by atoms with Gasteiger partial charge in [-0.05, 0) is 61.3 Å². The van der Waals surface area contributed by atoms with Gasteiger partial charge in [0.15, 0.2) is 0 Å². The maximum absolute atomic E-state index is 12.8. The van der Waals surface area contributed by atoms with E-state index in [9.17, 15) is 4.79 Å². The Hall–Kier alpha value is -3.09. The van der Waals surface area contributed by atoms with E-state index in [0.29, 0.717) is 12.6 Å². The van der Waals surface area contributed by atoms with Crippen LogP contribution in [0.5, 0.6) is 0 Å². The van der Waals surface area contributed by atoms with Crippen LogP contribution in [0.25, 0.3) is 0 Å². The molecule has 0 radical (unpaired) electrons. The molecule has 0 spiro atoms. The molecule has 34 heavy (non-hydrogen) atoms. The van der Waals surface area contributed by atoms with Gasteiger partial charge in [-0.15, -0.1) is 0 Å². The summed E-state index contributed by atoms with van der Waals surface area (Å²) in [5.41, 5.74) is 4.75. The number of hydrogen-bond donors (Lipinski definition) is 1. The topological polar surface area (TPSA) is 43.8 Å². The maximum atomic E-state index is 12.8. The lowest BCUT2D eigenvalue weighted by Gasteiger charge is -2.36. The molecule has 1 atom stereocenters. The van der Waals surface area contributed by atoms with Crippen LogP contribution in [-0.2, 0) is 18.4 Å². The molecule has 178 valence electrons. The highest BCUT2D eigenvalue weighted by Crippen LogP contribution is 2.31. The van der Waals surface area contributed by atoms with Gasteiger partial charge in [-0.2, -0.15) is 0 Å². The van der Waals surface area contributed by atoms with Crippen LogP contribution in [0.2, 0.25) is 0 Å². The molecule has 6 heteroatoms. The summed E-state index contributed by atoms with van der Waals surface area (Å²) >= 11 is 0. The molecule has 0 aliphatic carbocycles. The van der Waals surface area contributed by atoms with Crippen molar-refractivity contribution in [3.63, 3.8) is 0 Å². The second kappa shape index (κ2) is 10.5. The Balaban J connectivity index is 1.11. The summed E-state index contributed by atoms with van der Waals surface area (Å²) in [7, 11) is 2.08. The van der Waals surface area contributed by atoms with Crippen molar-refractivity contribution in [3.8, 4) is 0 Å². The van der Waals surface area contributed by atoms with Gasteiger partial charge < -0.3 is 14.8 Å². The SMILES string of the molecule is Cn1cccc1[C@H]1CCCN1CC(=O)Nc1ccc(N2CCN(Cc3ccccc3)CC2)cc1. The fourth-order valence-electron chi connectivity index (χ4n) is 5.32. The van der Waals surface area contributed by atoms with Gasteiger partial charge in [-0.3, -0.25) is 14.6 Å². The molecule has 6 nitrogen and oxygen atoms in total. The first-order valence-electron chi connectivity index (χ1n) is 12.4. The number of anilines is 2. The van der Waals surface area contributed by atoms with E-state index in [-0.39, 0.29) is 5.91 Å². The minimum absolute atomic E-state index is 0.0587. The number of likely N-dealkylation sites (tertiary alicyclic amines) is 1. The molecule has 2 aliphatic heterocycles. The van der Waals surface area contributed by atoms with Gasteiger partial charge in [0.25, 0.3) is 0 Å². The van der Waals surface area contributed by atoms with Crippen LogP contribution in [0.4, 0.5) is 11.4 Å². The molecule has 1 N–H and O–H groups in total. The third kappa shape index (κ3) is 5.34. The Kier molecular flexibility index (Phi) is 6.97. The highest BCUT2D eigenvalue weighted by Gasteiger charge is 2.29. The summed E-state index contributed by atoms with van der Waals surface area (Å²) in [6, 6.07) is 23.6. The first-order chi connectivity index (χ1) is 16.7. The van der Waals surface area contributed by atoms with Gasteiger partial charge in [-0.25, -0.2) is 0 Å². The van der Waals surface area contributed by atoms with Crippen molar-refractivity contribution in [1.29, 1.82) is 0 Å². The van der Waals surface area contributed by atoms with Crippen LogP contribution in [0.15, 0.2) is 72.9 Å². The van der Waals surface area contributed by atoms with Crippen molar-refractivity contribution < 1.29 is 4.79 Å². The number of rotatable bonds is 7. The van der Waals surface area contributed by atoms with E-state index >= 15 is 0 Å². The average Bonchev–Trinajstić information content (AvgIpc) is 3.49. The third-order valence-corrected chi connectivity index (χ3v) is 7.17. The molecule has 0 unspecified atom stereocenters. The molecule has 3 aromatic rings. The molecule has 5 rings (SSSR count). The minimum Gasteiger partial charge on any atom is -0.369 e. The lowest BCUT2D eigenvalue weighted by molar-refractivity contribution is -0.117. The Labute approximate surface area is 202 Å². The molecule has 3 heterocycles. The number of hydrogen-bond acceptors (Lipinski definition) is 4. The minimum atomic E-state index is 0.0587. The molecule has 2 fully saturated rings. The quantitative estimate of drug-likeness (QED) is 0.580. The molecule has 0 saturated carbocycles. The lowest BCUT2D eigenvalue weighted by Crippen LogP contribution is -2.45. The molecule has 2 aliphatic rings. The number of carbonyl (C=O) groups excluding carboxylic acids is 1. The number of aromatic nitrogens is 1. The Bertz CT molecular complexity index is 1070. The van der Waals surface area contributed by atoms with E-state index < -0.39 is 0 Å². The maximum Gasteiger partial charge on any atom is 0.238 e. The lowest BCUT2D eigenvalue weighted by atomic mass is 10.1. The van der Waals surface area contributed by atoms with Gasteiger partial charge in [0.1, 0.15) is 0 Å². The fraction of sp³-hybridized carbons (Fsp3) is 0.393. The molecule has 1 amide bonds. The predicted molar refractivity (Wildman–Crippen MR) is 138 cm³/mol. The van der Waals surface area contributed by atoms with Gasteiger partial charge in [0.05, 0.1) is 12.6 Å². The molecule has 2 aromatic carbocycles. The number of piperazine rings is 1. The van der Waals surface area contributed by atoms with Crippen molar-refractivity contribution in [3.05, 3.63) is 84.2 Å². The van der Waals surface area contributed by atoms with E-state index in [4.69, 9.17) is 0 Å². The summed E-state index contributed by atoms with van der Waals surface area (Å²) in [5, 5.41) is 3.10. The van der Waals surface area contributed by atoms with Crippen LogP contribution in [0.3, 0.4) is 0 Å². The summed E-state index contributed by atoms with van der Waals surface area (Å²) in [6.45, 7) is 6.58. The molecule has 2 saturated heterocycles. The zero-order valence-corrected chi connectivity index (χ0v) is 20.1. The van der Waals surface area contributed by atoms with Gasteiger partial charge >= 0.3 is 0 Å². The van der Waals surface area contributed by atoms with Crippen LogP contribution >= 0.6 is 0 Å². The summed E-state index contributed by atoms with van der Waals surface area (Å²) in [4.78, 5) is 20.0. The van der Waals surface area contributed by atoms with E-state index in [1.54, 1.807) is 0 Å². The monoisotopic (exact) mass is 457 g/mol. The van der Waals surface area contributed by atoms with Crippen LogP contribution in [0, 0.1) is 0 Å². The number of carbonyl (C=O) groups is 1. The fourth-order valence-corrected chi connectivity index (χ4v) is 5.32. The second-order valence-electron chi connectivity index (χ2n) is 9.52. The first-order valence-corrected chi connectivity index (χ1v) is 12.4.